The van der Waals surface area contributed by atoms with E-state index >= 15 is 0 Å². The Morgan fingerprint density at radius 2 is 1.94 bits per heavy atom. The first-order valence-corrected chi connectivity index (χ1v) is 14.9. The molecule has 36 heavy (non-hydrogen) atoms. The molecule has 1 aliphatic rings. The van der Waals surface area contributed by atoms with Gasteiger partial charge in [-0.1, -0.05) is 11.4 Å². The van der Waals surface area contributed by atoms with Crippen LogP contribution in [0, 0.1) is 0 Å². The molecule has 12 heteroatoms. The molecular formula is C24H28N3O7PS. The van der Waals surface area contributed by atoms with Crippen LogP contribution in [0.5, 0.6) is 11.5 Å². The Hall–Kier alpha value is -3.01. The fourth-order valence-corrected chi connectivity index (χ4v) is 9.27. The van der Waals surface area contributed by atoms with Crippen LogP contribution in [0.15, 0.2) is 51.9 Å². The molecule has 0 bridgehead atoms. The number of hydrogen-bond acceptors (Lipinski definition) is 9. The molecule has 1 unspecified atom stereocenters. The number of furan rings is 1. The summed E-state index contributed by atoms with van der Waals surface area (Å²) in [6, 6.07) is 10.6. The van der Waals surface area contributed by atoms with Gasteiger partial charge in [0, 0.05) is 24.3 Å². The predicted octanol–water partition coefficient (Wildman–Crippen LogP) is 3.68. The average Bonchev–Trinajstić information content (AvgIpc) is 3.26. The van der Waals surface area contributed by atoms with E-state index in [9.17, 15) is 14.2 Å². The highest BCUT2D eigenvalue weighted by atomic mass is 32.7. The molecule has 3 heterocycles. The van der Waals surface area contributed by atoms with Crippen LogP contribution < -0.4 is 20.5 Å². The average molecular weight is 534 g/mol. The van der Waals surface area contributed by atoms with Crippen molar-refractivity contribution in [2.45, 2.75) is 22.9 Å². The second-order valence-electron chi connectivity index (χ2n) is 8.34. The van der Waals surface area contributed by atoms with Gasteiger partial charge in [0.2, 0.25) is 17.4 Å². The molecule has 0 aliphatic carbocycles. The quantitative estimate of drug-likeness (QED) is 0.295. The summed E-state index contributed by atoms with van der Waals surface area (Å²) in [4.78, 5) is 29.6. The SMILES string of the molecule is COc1c(C(=O)NCCOc2ccc(SP(C)(=O)C3(C(N)=O)CCOCC3)cc2)oc2ncccc12. The lowest BCUT2D eigenvalue weighted by Crippen LogP contribution is -2.47. The largest absolute Gasteiger partial charge is 0.492 e. The highest BCUT2D eigenvalue weighted by Gasteiger charge is 2.51. The minimum atomic E-state index is -3.03. The number of ether oxygens (including phenoxy) is 3. The summed E-state index contributed by atoms with van der Waals surface area (Å²) in [6.07, 6.45) is -0.745. The van der Waals surface area contributed by atoms with E-state index in [1.54, 1.807) is 49.3 Å². The first-order chi connectivity index (χ1) is 17.3. The minimum absolute atomic E-state index is 0.0508. The fraction of sp³-hybridized carbons (Fsp3) is 0.375. The van der Waals surface area contributed by atoms with Gasteiger partial charge in [-0.3, -0.25) is 9.59 Å². The van der Waals surface area contributed by atoms with Crippen LogP contribution in [0.3, 0.4) is 0 Å². The van der Waals surface area contributed by atoms with Crippen molar-refractivity contribution in [3.63, 3.8) is 0 Å². The Balaban J connectivity index is 1.31. The molecule has 10 nitrogen and oxygen atoms in total. The molecule has 4 rings (SSSR count). The highest BCUT2D eigenvalue weighted by molar-refractivity contribution is 8.58. The second-order valence-corrected chi connectivity index (χ2v) is 14.2. The Morgan fingerprint density at radius 3 is 2.61 bits per heavy atom. The summed E-state index contributed by atoms with van der Waals surface area (Å²) in [6.45, 7) is 2.80. The van der Waals surface area contributed by atoms with Crippen molar-refractivity contribution in [2.24, 2.45) is 5.73 Å². The van der Waals surface area contributed by atoms with E-state index < -0.39 is 23.3 Å². The lowest BCUT2D eigenvalue weighted by molar-refractivity contribution is -0.122. The normalized spacial score (nSPS) is 16.7. The van der Waals surface area contributed by atoms with Gasteiger partial charge in [-0.05, 0) is 55.9 Å². The molecule has 1 saturated heterocycles. The van der Waals surface area contributed by atoms with Crippen LogP contribution in [-0.4, -0.2) is 62.1 Å². The van der Waals surface area contributed by atoms with Crippen molar-refractivity contribution >= 4 is 40.6 Å². The van der Waals surface area contributed by atoms with Crippen molar-refractivity contribution in [2.75, 3.05) is 40.1 Å². The summed E-state index contributed by atoms with van der Waals surface area (Å²) in [7, 11) is 1.47. The molecule has 0 saturated carbocycles. The molecule has 0 spiro atoms. The van der Waals surface area contributed by atoms with Gasteiger partial charge in [-0.2, -0.15) is 0 Å². The van der Waals surface area contributed by atoms with Crippen molar-refractivity contribution in [3.05, 3.63) is 48.4 Å². The van der Waals surface area contributed by atoms with E-state index in [1.807, 2.05) is 0 Å². The molecule has 1 atom stereocenters. The highest BCUT2D eigenvalue weighted by Crippen LogP contribution is 2.70. The van der Waals surface area contributed by atoms with Crippen molar-refractivity contribution in [3.8, 4) is 11.5 Å². The molecule has 2 aromatic heterocycles. The number of nitrogens with one attached hydrogen (secondary N) is 1. The molecule has 1 aliphatic heterocycles. The number of carbonyl (C=O) groups is 2. The maximum atomic E-state index is 13.6. The number of rotatable bonds is 10. The van der Waals surface area contributed by atoms with E-state index in [0.717, 1.165) is 4.90 Å². The first kappa shape index (κ1) is 26.1. The van der Waals surface area contributed by atoms with E-state index in [4.69, 9.17) is 24.4 Å². The van der Waals surface area contributed by atoms with E-state index in [-0.39, 0.29) is 18.9 Å². The number of nitrogens with zero attached hydrogens (tertiary/aromatic N) is 1. The zero-order valence-electron chi connectivity index (χ0n) is 20.0. The minimum Gasteiger partial charge on any atom is -0.492 e. The van der Waals surface area contributed by atoms with Crippen molar-refractivity contribution in [1.82, 2.24) is 10.3 Å². The fourth-order valence-electron chi connectivity index (χ4n) is 4.12. The molecule has 0 radical (unpaired) electrons. The van der Waals surface area contributed by atoms with E-state index in [1.165, 1.54) is 18.5 Å². The van der Waals surface area contributed by atoms with Gasteiger partial charge < -0.3 is 34.2 Å². The van der Waals surface area contributed by atoms with Gasteiger partial charge in [0.25, 0.3) is 5.91 Å². The predicted molar refractivity (Wildman–Crippen MR) is 136 cm³/mol. The van der Waals surface area contributed by atoms with Crippen LogP contribution in [-0.2, 0) is 14.1 Å². The smallest absolute Gasteiger partial charge is 0.291 e. The molecular weight excluding hydrogens is 505 g/mol. The maximum absolute atomic E-state index is 13.6. The van der Waals surface area contributed by atoms with E-state index in [2.05, 4.69) is 10.3 Å². The molecule has 192 valence electrons. The summed E-state index contributed by atoms with van der Waals surface area (Å²) in [5.74, 6) is -0.00897. The van der Waals surface area contributed by atoms with Crippen molar-refractivity contribution in [1.29, 1.82) is 0 Å². The van der Waals surface area contributed by atoms with Gasteiger partial charge in [0.1, 0.15) is 17.5 Å². The number of benzene rings is 1. The monoisotopic (exact) mass is 533 g/mol. The number of carbonyl (C=O) groups excluding carboxylic acids is 2. The van der Waals surface area contributed by atoms with Crippen LogP contribution in [0.25, 0.3) is 11.1 Å². The number of aromatic nitrogens is 1. The van der Waals surface area contributed by atoms with Gasteiger partial charge in [0.15, 0.2) is 12.1 Å². The molecule has 2 amide bonds. The van der Waals surface area contributed by atoms with Crippen molar-refractivity contribution < 1.29 is 32.8 Å². The van der Waals surface area contributed by atoms with Gasteiger partial charge in [0.05, 0.1) is 19.0 Å². The lowest BCUT2D eigenvalue weighted by Gasteiger charge is -2.38. The van der Waals surface area contributed by atoms with E-state index in [0.29, 0.717) is 48.7 Å². The zero-order valence-corrected chi connectivity index (χ0v) is 21.7. The molecule has 1 aromatic carbocycles. The van der Waals surface area contributed by atoms with Gasteiger partial charge >= 0.3 is 0 Å². The summed E-state index contributed by atoms with van der Waals surface area (Å²) >= 11 is 1.18. The zero-order chi connectivity index (χ0) is 25.8. The number of methoxy groups -OCH3 is 1. The summed E-state index contributed by atoms with van der Waals surface area (Å²) in [5.41, 5.74) is 6.01. The number of nitrogens with two attached hydrogens (primary N) is 1. The molecule has 1 fully saturated rings. The van der Waals surface area contributed by atoms with Crippen LogP contribution in [0.4, 0.5) is 0 Å². The number of hydrogen-bond donors (Lipinski definition) is 2. The topological polar surface area (TPSA) is 143 Å². The van der Waals surface area contributed by atoms with Gasteiger partial charge in [-0.25, -0.2) is 4.98 Å². The Bertz CT molecular complexity index is 1290. The second kappa shape index (κ2) is 10.9. The Morgan fingerprint density at radius 1 is 1.22 bits per heavy atom. The number of fused-ring (bicyclic) bond motifs is 1. The maximum Gasteiger partial charge on any atom is 0.291 e. The lowest BCUT2D eigenvalue weighted by atomic mass is 9.98. The van der Waals surface area contributed by atoms with Gasteiger partial charge in [-0.15, -0.1) is 0 Å². The third-order valence-corrected chi connectivity index (χ3v) is 11.9. The summed E-state index contributed by atoms with van der Waals surface area (Å²) in [5, 5.41) is 2.29. The van der Waals surface area contributed by atoms with Crippen LogP contribution in [0.1, 0.15) is 23.4 Å². The Kier molecular flexibility index (Phi) is 7.92. The third kappa shape index (κ3) is 5.23. The summed E-state index contributed by atoms with van der Waals surface area (Å²) < 4.78 is 35.5. The molecule has 3 aromatic rings. The Labute approximate surface area is 212 Å². The number of amides is 2. The van der Waals surface area contributed by atoms with Crippen LogP contribution in [0.2, 0.25) is 0 Å². The standard InChI is InChI=1S/C24H28N3O7PS/c1-31-19-18-4-3-11-27-22(18)34-20(19)21(28)26-12-15-33-16-5-7-17(8-6-16)36-35(2,30)24(23(25)29)9-13-32-14-10-24/h3-8,11H,9-10,12-15H2,1-2H3,(H2,25,29)(H,26,28). The third-order valence-electron chi connectivity index (χ3n) is 6.15. The first-order valence-electron chi connectivity index (χ1n) is 11.3. The number of pyridine rings is 1. The van der Waals surface area contributed by atoms with Crippen LogP contribution >= 0.6 is 17.7 Å². The number of primary amides is 1. The molecule has 3 N–H and O–H groups in total.